The minimum absolute atomic E-state index is 0.0209. The standard InChI is InChI=1S/C20H24N4O3/c1-13-4-6-14(7-5-13)20(8-9-20)19(27)24-10-2-3-16(24)18(26)23-15(12-21)11-17(22)25/h4-7,15-16H,2-3,8-11H2,1H3,(H2,22,25)(H,23,26)/t15-,16-/m0/s1. The highest BCUT2D eigenvalue weighted by molar-refractivity contribution is 5.96. The molecule has 1 heterocycles. The maximum atomic E-state index is 13.3. The Morgan fingerprint density at radius 3 is 2.56 bits per heavy atom. The third-order valence-electron chi connectivity index (χ3n) is 5.46. The SMILES string of the molecule is Cc1ccc(C2(C(=O)N3CCC[C@H]3C(=O)N[C@H](C#N)CC(N)=O)CC2)cc1. The van der Waals surface area contributed by atoms with Crippen molar-refractivity contribution in [3.05, 3.63) is 35.4 Å². The van der Waals surface area contributed by atoms with Crippen molar-refractivity contribution in [2.24, 2.45) is 5.73 Å². The Bertz CT molecular complexity index is 792. The quantitative estimate of drug-likeness (QED) is 0.776. The van der Waals surface area contributed by atoms with Crippen molar-refractivity contribution in [2.75, 3.05) is 6.54 Å². The van der Waals surface area contributed by atoms with Crippen molar-refractivity contribution in [3.63, 3.8) is 0 Å². The second-order valence-electron chi connectivity index (χ2n) is 7.47. The molecule has 2 atom stereocenters. The van der Waals surface area contributed by atoms with Crippen LogP contribution in [-0.2, 0) is 19.8 Å². The topological polar surface area (TPSA) is 116 Å². The fraction of sp³-hybridized carbons (Fsp3) is 0.500. The Hall–Kier alpha value is -2.88. The van der Waals surface area contributed by atoms with Crippen LogP contribution in [0.15, 0.2) is 24.3 Å². The van der Waals surface area contributed by atoms with Gasteiger partial charge in [-0.15, -0.1) is 0 Å². The van der Waals surface area contributed by atoms with Gasteiger partial charge in [-0.2, -0.15) is 5.26 Å². The van der Waals surface area contributed by atoms with E-state index in [9.17, 15) is 14.4 Å². The van der Waals surface area contributed by atoms with Gasteiger partial charge in [-0.25, -0.2) is 0 Å². The Morgan fingerprint density at radius 1 is 1.33 bits per heavy atom. The van der Waals surface area contributed by atoms with E-state index in [0.29, 0.717) is 13.0 Å². The second-order valence-corrected chi connectivity index (χ2v) is 7.47. The number of nitriles is 1. The van der Waals surface area contributed by atoms with Crippen LogP contribution in [-0.4, -0.2) is 41.2 Å². The first-order valence-electron chi connectivity index (χ1n) is 9.24. The molecule has 1 aromatic carbocycles. The lowest BCUT2D eigenvalue weighted by Gasteiger charge is -2.29. The number of nitrogens with one attached hydrogen (secondary N) is 1. The predicted molar refractivity (Wildman–Crippen MR) is 98.2 cm³/mol. The van der Waals surface area contributed by atoms with Crippen molar-refractivity contribution in [1.82, 2.24) is 10.2 Å². The molecule has 0 radical (unpaired) electrons. The average Bonchev–Trinajstić information content (AvgIpc) is 3.29. The van der Waals surface area contributed by atoms with Crippen molar-refractivity contribution in [1.29, 1.82) is 5.26 Å². The fourth-order valence-electron chi connectivity index (χ4n) is 3.78. The van der Waals surface area contributed by atoms with Gasteiger partial charge in [0.2, 0.25) is 17.7 Å². The zero-order valence-corrected chi connectivity index (χ0v) is 15.4. The van der Waals surface area contributed by atoms with Crippen LogP contribution in [0.3, 0.4) is 0 Å². The van der Waals surface area contributed by atoms with Crippen molar-refractivity contribution >= 4 is 17.7 Å². The summed E-state index contributed by atoms with van der Waals surface area (Å²) in [5.74, 6) is -1.07. The number of amides is 3. The molecule has 2 aliphatic rings. The van der Waals surface area contributed by atoms with Crippen LogP contribution >= 0.6 is 0 Å². The van der Waals surface area contributed by atoms with Crippen LogP contribution in [0, 0.1) is 18.3 Å². The number of benzene rings is 1. The van der Waals surface area contributed by atoms with E-state index in [0.717, 1.165) is 30.4 Å². The number of rotatable bonds is 6. The van der Waals surface area contributed by atoms with Gasteiger partial charge >= 0.3 is 0 Å². The molecule has 142 valence electrons. The summed E-state index contributed by atoms with van der Waals surface area (Å²) >= 11 is 0. The molecule has 0 aromatic heterocycles. The Balaban J connectivity index is 1.73. The van der Waals surface area contributed by atoms with Crippen LogP contribution in [0.25, 0.3) is 0 Å². The Morgan fingerprint density at radius 2 is 2.00 bits per heavy atom. The van der Waals surface area contributed by atoms with Gasteiger partial charge in [-0.3, -0.25) is 14.4 Å². The number of nitrogens with zero attached hydrogens (tertiary/aromatic N) is 2. The minimum Gasteiger partial charge on any atom is -0.370 e. The Labute approximate surface area is 158 Å². The number of carbonyl (C=O) groups excluding carboxylic acids is 3. The molecule has 0 unspecified atom stereocenters. The van der Waals surface area contributed by atoms with Crippen LogP contribution in [0.1, 0.15) is 43.2 Å². The lowest BCUT2D eigenvalue weighted by atomic mass is 9.93. The molecular weight excluding hydrogens is 344 g/mol. The average molecular weight is 368 g/mol. The van der Waals surface area contributed by atoms with Crippen molar-refractivity contribution in [3.8, 4) is 6.07 Å². The molecule has 0 bridgehead atoms. The lowest BCUT2D eigenvalue weighted by molar-refractivity contribution is -0.140. The first kappa shape index (κ1) is 18.9. The molecule has 27 heavy (non-hydrogen) atoms. The van der Waals surface area contributed by atoms with E-state index >= 15 is 0 Å². The number of nitrogens with two attached hydrogens (primary N) is 1. The van der Waals surface area contributed by atoms with E-state index in [1.54, 1.807) is 4.90 Å². The fourth-order valence-corrected chi connectivity index (χ4v) is 3.78. The lowest BCUT2D eigenvalue weighted by Crippen LogP contribution is -2.51. The smallest absolute Gasteiger partial charge is 0.243 e. The predicted octanol–water partition coefficient (Wildman–Crippen LogP) is 0.901. The minimum atomic E-state index is -0.973. The van der Waals surface area contributed by atoms with Crippen LogP contribution < -0.4 is 11.1 Å². The van der Waals surface area contributed by atoms with Crippen LogP contribution in [0.4, 0.5) is 0 Å². The molecule has 7 heteroatoms. The molecule has 1 aliphatic heterocycles. The van der Waals surface area contributed by atoms with Gasteiger partial charge in [0.15, 0.2) is 0 Å². The van der Waals surface area contributed by atoms with E-state index < -0.39 is 29.3 Å². The monoisotopic (exact) mass is 368 g/mol. The number of carbonyl (C=O) groups is 3. The van der Waals surface area contributed by atoms with Crippen LogP contribution in [0.2, 0.25) is 0 Å². The zero-order valence-electron chi connectivity index (χ0n) is 15.4. The molecule has 1 saturated carbocycles. The zero-order chi connectivity index (χ0) is 19.6. The van der Waals surface area contributed by atoms with Crippen molar-refractivity contribution in [2.45, 2.75) is 56.5 Å². The molecule has 3 rings (SSSR count). The van der Waals surface area contributed by atoms with E-state index in [2.05, 4.69) is 5.32 Å². The molecule has 1 aromatic rings. The third kappa shape index (κ3) is 3.80. The summed E-state index contributed by atoms with van der Waals surface area (Å²) < 4.78 is 0. The third-order valence-corrected chi connectivity index (χ3v) is 5.46. The summed E-state index contributed by atoms with van der Waals surface area (Å²) in [7, 11) is 0. The number of likely N-dealkylation sites (tertiary alicyclic amines) is 1. The highest BCUT2D eigenvalue weighted by atomic mass is 16.2. The van der Waals surface area contributed by atoms with Crippen LogP contribution in [0.5, 0.6) is 0 Å². The van der Waals surface area contributed by atoms with E-state index in [-0.39, 0.29) is 12.3 Å². The summed E-state index contributed by atoms with van der Waals surface area (Å²) in [6.07, 6.45) is 2.61. The summed E-state index contributed by atoms with van der Waals surface area (Å²) in [5.41, 5.74) is 6.71. The molecule has 3 amide bonds. The van der Waals surface area contributed by atoms with Gasteiger partial charge in [0.1, 0.15) is 12.1 Å². The normalized spacial score (nSPS) is 21.2. The molecule has 1 aliphatic carbocycles. The van der Waals surface area contributed by atoms with E-state index in [1.165, 1.54) is 0 Å². The molecule has 1 saturated heterocycles. The van der Waals surface area contributed by atoms with Gasteiger partial charge in [-0.1, -0.05) is 29.8 Å². The summed E-state index contributed by atoms with van der Waals surface area (Å²) in [6, 6.07) is 8.27. The number of hydrogen-bond acceptors (Lipinski definition) is 4. The number of primary amides is 1. The van der Waals surface area contributed by atoms with Gasteiger partial charge in [-0.05, 0) is 38.2 Å². The number of aryl methyl sites for hydroxylation is 1. The second kappa shape index (κ2) is 7.39. The van der Waals surface area contributed by atoms with Crippen molar-refractivity contribution < 1.29 is 14.4 Å². The first-order valence-corrected chi connectivity index (χ1v) is 9.24. The van der Waals surface area contributed by atoms with E-state index in [1.807, 2.05) is 37.3 Å². The molecule has 7 nitrogen and oxygen atoms in total. The van der Waals surface area contributed by atoms with Gasteiger partial charge in [0, 0.05) is 6.54 Å². The van der Waals surface area contributed by atoms with Gasteiger partial charge < -0.3 is 16.0 Å². The van der Waals surface area contributed by atoms with Gasteiger partial charge in [0.25, 0.3) is 0 Å². The molecule has 0 spiro atoms. The molecule has 3 N–H and O–H groups in total. The van der Waals surface area contributed by atoms with Gasteiger partial charge in [0.05, 0.1) is 17.9 Å². The maximum absolute atomic E-state index is 13.3. The first-order chi connectivity index (χ1) is 12.9. The number of hydrogen-bond donors (Lipinski definition) is 2. The largest absolute Gasteiger partial charge is 0.370 e. The maximum Gasteiger partial charge on any atom is 0.243 e. The molecular formula is C20H24N4O3. The highest BCUT2D eigenvalue weighted by Crippen LogP contribution is 2.50. The highest BCUT2D eigenvalue weighted by Gasteiger charge is 2.55. The van der Waals surface area contributed by atoms with E-state index in [4.69, 9.17) is 11.0 Å². The molecule has 2 fully saturated rings. The summed E-state index contributed by atoms with van der Waals surface area (Å²) in [6.45, 7) is 2.53. The Kier molecular flexibility index (Phi) is 5.17. The summed E-state index contributed by atoms with van der Waals surface area (Å²) in [4.78, 5) is 38.6. The summed E-state index contributed by atoms with van der Waals surface area (Å²) in [5, 5.41) is 11.6.